The molecule has 5 N–H and O–H groups in total. The standard InChI is InChI=1S/C16H30N6O5/c1-10(12(23)18-11(2)13(24)20-17)19-14(25)21-6-8-22(9-7-21)15(26)27-16(3,4)5/h10-11H,6-9,17H2,1-5H3,(H,18,23)(H,19,25)(H,20,24)/t10-,11-/m0/s1. The molecule has 0 spiro atoms. The summed E-state index contributed by atoms with van der Waals surface area (Å²) in [6, 6.07) is -2.08. The summed E-state index contributed by atoms with van der Waals surface area (Å²) in [4.78, 5) is 50.7. The fourth-order valence-corrected chi connectivity index (χ4v) is 2.29. The monoisotopic (exact) mass is 386 g/mol. The Balaban J connectivity index is 2.45. The highest BCUT2D eigenvalue weighted by atomic mass is 16.6. The zero-order valence-corrected chi connectivity index (χ0v) is 16.5. The van der Waals surface area contributed by atoms with E-state index in [2.05, 4.69) is 10.6 Å². The van der Waals surface area contributed by atoms with Crippen LogP contribution in [0.1, 0.15) is 34.6 Å². The predicted octanol–water partition coefficient (Wildman–Crippen LogP) is -0.868. The molecule has 0 unspecified atom stereocenters. The number of carbonyl (C=O) groups excluding carboxylic acids is 4. The minimum Gasteiger partial charge on any atom is -0.444 e. The van der Waals surface area contributed by atoms with Crippen LogP contribution in [0.4, 0.5) is 9.59 Å². The fraction of sp³-hybridized carbons (Fsp3) is 0.750. The first-order valence-corrected chi connectivity index (χ1v) is 8.78. The Morgan fingerprint density at radius 1 is 0.889 bits per heavy atom. The number of hydrazine groups is 1. The van der Waals surface area contributed by atoms with Gasteiger partial charge in [0.1, 0.15) is 17.7 Å². The number of rotatable bonds is 4. The van der Waals surface area contributed by atoms with E-state index < -0.39 is 41.6 Å². The summed E-state index contributed by atoms with van der Waals surface area (Å²) in [5, 5.41) is 5.02. The van der Waals surface area contributed by atoms with Crippen molar-refractivity contribution in [3.63, 3.8) is 0 Å². The lowest BCUT2D eigenvalue weighted by atomic mass is 10.2. The van der Waals surface area contributed by atoms with Gasteiger partial charge in [-0.2, -0.15) is 0 Å². The molecule has 0 saturated carbocycles. The van der Waals surface area contributed by atoms with Crippen LogP contribution in [-0.2, 0) is 14.3 Å². The van der Waals surface area contributed by atoms with E-state index in [4.69, 9.17) is 10.6 Å². The van der Waals surface area contributed by atoms with Crippen LogP contribution in [0, 0.1) is 0 Å². The molecule has 1 fully saturated rings. The largest absolute Gasteiger partial charge is 0.444 e. The van der Waals surface area contributed by atoms with Crippen LogP contribution in [0.2, 0.25) is 0 Å². The number of nitrogens with two attached hydrogens (primary N) is 1. The zero-order valence-electron chi connectivity index (χ0n) is 16.5. The summed E-state index contributed by atoms with van der Waals surface area (Å²) in [6.45, 7) is 9.70. The third-order valence-electron chi connectivity index (χ3n) is 3.85. The molecule has 11 heteroatoms. The van der Waals surface area contributed by atoms with Crippen LogP contribution >= 0.6 is 0 Å². The van der Waals surface area contributed by atoms with Crippen LogP contribution < -0.4 is 21.9 Å². The number of urea groups is 1. The quantitative estimate of drug-likeness (QED) is 0.281. The van der Waals surface area contributed by atoms with Crippen LogP contribution in [0.15, 0.2) is 0 Å². The number of nitrogens with zero attached hydrogens (tertiary/aromatic N) is 2. The van der Waals surface area contributed by atoms with Gasteiger partial charge < -0.3 is 25.2 Å². The van der Waals surface area contributed by atoms with Crippen molar-refractivity contribution in [3.8, 4) is 0 Å². The maximum Gasteiger partial charge on any atom is 0.410 e. The molecule has 0 aliphatic carbocycles. The highest BCUT2D eigenvalue weighted by Crippen LogP contribution is 2.12. The number of piperazine rings is 1. The van der Waals surface area contributed by atoms with Crippen LogP contribution in [0.5, 0.6) is 0 Å². The Hall–Kier alpha value is -2.56. The van der Waals surface area contributed by atoms with Gasteiger partial charge in [0.25, 0.3) is 5.91 Å². The van der Waals surface area contributed by atoms with Gasteiger partial charge in [0.2, 0.25) is 5.91 Å². The first kappa shape index (κ1) is 22.5. The molecule has 0 aromatic carbocycles. The van der Waals surface area contributed by atoms with E-state index in [0.29, 0.717) is 26.2 Å². The maximum atomic E-state index is 12.3. The van der Waals surface area contributed by atoms with Crippen molar-refractivity contribution in [3.05, 3.63) is 0 Å². The van der Waals surface area contributed by atoms with Crippen molar-refractivity contribution >= 4 is 23.9 Å². The smallest absolute Gasteiger partial charge is 0.410 e. The molecule has 1 rings (SSSR count). The van der Waals surface area contributed by atoms with Gasteiger partial charge in [0.05, 0.1) is 0 Å². The molecule has 1 aliphatic heterocycles. The Kier molecular flexibility index (Phi) is 7.82. The second-order valence-corrected chi connectivity index (χ2v) is 7.36. The Morgan fingerprint density at radius 3 is 1.85 bits per heavy atom. The molecule has 0 bridgehead atoms. The molecule has 0 aromatic rings. The fourth-order valence-electron chi connectivity index (χ4n) is 2.29. The first-order valence-electron chi connectivity index (χ1n) is 8.78. The van der Waals surface area contributed by atoms with Crippen molar-refractivity contribution in [2.45, 2.75) is 52.3 Å². The second-order valence-electron chi connectivity index (χ2n) is 7.36. The van der Waals surface area contributed by atoms with E-state index in [-0.39, 0.29) is 0 Å². The van der Waals surface area contributed by atoms with Crippen LogP contribution in [0.3, 0.4) is 0 Å². The summed E-state index contributed by atoms with van der Waals surface area (Å²) >= 11 is 0. The van der Waals surface area contributed by atoms with Crippen molar-refractivity contribution in [1.82, 2.24) is 25.9 Å². The zero-order chi connectivity index (χ0) is 20.8. The Morgan fingerprint density at radius 2 is 1.37 bits per heavy atom. The summed E-state index contributed by atoms with van der Waals surface area (Å²) in [7, 11) is 0. The van der Waals surface area contributed by atoms with Gasteiger partial charge >= 0.3 is 12.1 Å². The van der Waals surface area contributed by atoms with E-state index in [1.54, 1.807) is 20.8 Å². The lowest BCUT2D eigenvalue weighted by molar-refractivity contribution is -0.129. The molecule has 1 aliphatic rings. The van der Waals surface area contributed by atoms with Gasteiger partial charge in [-0.15, -0.1) is 0 Å². The molecular formula is C16H30N6O5. The lowest BCUT2D eigenvalue weighted by Gasteiger charge is -2.36. The van der Waals surface area contributed by atoms with E-state index in [9.17, 15) is 19.2 Å². The molecule has 5 amide bonds. The Bertz CT molecular complexity index is 568. The molecule has 0 radical (unpaired) electrons. The average Bonchev–Trinajstić information content (AvgIpc) is 2.59. The van der Waals surface area contributed by atoms with Gasteiger partial charge in [-0.05, 0) is 34.6 Å². The molecular weight excluding hydrogens is 356 g/mol. The van der Waals surface area contributed by atoms with Crippen molar-refractivity contribution < 1.29 is 23.9 Å². The highest BCUT2D eigenvalue weighted by Gasteiger charge is 2.29. The van der Waals surface area contributed by atoms with Gasteiger partial charge in [-0.1, -0.05) is 0 Å². The number of carbonyl (C=O) groups is 4. The van der Waals surface area contributed by atoms with E-state index in [1.807, 2.05) is 5.43 Å². The maximum absolute atomic E-state index is 12.3. The number of amides is 5. The highest BCUT2D eigenvalue weighted by molar-refractivity contribution is 5.91. The van der Waals surface area contributed by atoms with Crippen LogP contribution in [0.25, 0.3) is 0 Å². The van der Waals surface area contributed by atoms with Crippen LogP contribution in [-0.4, -0.2) is 77.6 Å². The third kappa shape index (κ3) is 7.29. The van der Waals surface area contributed by atoms with Crippen molar-refractivity contribution in [2.24, 2.45) is 5.84 Å². The minimum absolute atomic E-state index is 0.325. The van der Waals surface area contributed by atoms with Crippen molar-refractivity contribution in [2.75, 3.05) is 26.2 Å². The average molecular weight is 386 g/mol. The predicted molar refractivity (Wildman–Crippen MR) is 97.3 cm³/mol. The number of nitrogens with one attached hydrogen (secondary N) is 3. The molecule has 1 saturated heterocycles. The second kappa shape index (κ2) is 9.40. The molecule has 1 heterocycles. The molecule has 27 heavy (non-hydrogen) atoms. The number of ether oxygens (including phenoxy) is 1. The van der Waals surface area contributed by atoms with E-state index in [1.165, 1.54) is 23.6 Å². The van der Waals surface area contributed by atoms with E-state index in [0.717, 1.165) is 0 Å². The SMILES string of the molecule is C[C@H](NC(=O)[C@H](C)NC(=O)N1CCN(C(=O)OC(C)(C)C)CC1)C(=O)NN. The van der Waals surface area contributed by atoms with Gasteiger partial charge in [0.15, 0.2) is 0 Å². The number of hydrogen-bond donors (Lipinski definition) is 4. The summed E-state index contributed by atoms with van der Waals surface area (Å²) in [6.07, 6.45) is -0.414. The summed E-state index contributed by atoms with van der Waals surface area (Å²) < 4.78 is 5.31. The third-order valence-corrected chi connectivity index (χ3v) is 3.85. The molecule has 11 nitrogen and oxygen atoms in total. The van der Waals surface area contributed by atoms with Gasteiger partial charge in [-0.3, -0.25) is 15.0 Å². The molecule has 0 aromatic heterocycles. The minimum atomic E-state index is -0.839. The van der Waals surface area contributed by atoms with Gasteiger partial charge in [0, 0.05) is 26.2 Å². The number of hydrogen-bond acceptors (Lipinski definition) is 6. The lowest BCUT2D eigenvalue weighted by Crippen LogP contribution is -2.57. The molecule has 154 valence electrons. The normalized spacial score (nSPS) is 16.8. The van der Waals surface area contributed by atoms with Gasteiger partial charge in [-0.25, -0.2) is 15.4 Å². The topological polar surface area (TPSA) is 146 Å². The molecule has 2 atom stereocenters. The first-order chi connectivity index (χ1) is 12.4. The summed E-state index contributed by atoms with van der Waals surface area (Å²) in [5.74, 6) is 3.96. The van der Waals surface area contributed by atoms with Crippen molar-refractivity contribution in [1.29, 1.82) is 0 Å². The summed E-state index contributed by atoms with van der Waals surface area (Å²) in [5.41, 5.74) is 1.36. The van der Waals surface area contributed by atoms with E-state index >= 15 is 0 Å². The Labute approximate surface area is 158 Å².